The SMILES string of the molecule is CCOC(=O)COc1ccc(C(=O)c2ccc(O)c(CN(CC)CC)c2)c(Cl)c1Cl. The maximum atomic E-state index is 13.0. The van der Waals surface area contributed by atoms with E-state index in [1.165, 1.54) is 18.2 Å². The Balaban J connectivity index is 2.26. The highest BCUT2D eigenvalue weighted by Gasteiger charge is 2.20. The lowest BCUT2D eigenvalue weighted by Gasteiger charge is -2.19. The number of hydrogen-bond acceptors (Lipinski definition) is 6. The summed E-state index contributed by atoms with van der Waals surface area (Å²) in [4.78, 5) is 26.6. The zero-order valence-electron chi connectivity index (χ0n) is 17.2. The fourth-order valence-electron chi connectivity index (χ4n) is 2.85. The van der Waals surface area contributed by atoms with Gasteiger partial charge in [0, 0.05) is 23.2 Å². The third kappa shape index (κ3) is 5.88. The maximum absolute atomic E-state index is 13.0. The molecule has 0 aliphatic rings. The average molecular weight is 454 g/mol. The van der Waals surface area contributed by atoms with Gasteiger partial charge in [-0.15, -0.1) is 0 Å². The van der Waals surface area contributed by atoms with Crippen molar-refractivity contribution >= 4 is 35.0 Å². The molecule has 30 heavy (non-hydrogen) atoms. The Morgan fingerprint density at radius 2 is 1.73 bits per heavy atom. The first-order valence-corrected chi connectivity index (χ1v) is 10.4. The van der Waals surface area contributed by atoms with Gasteiger partial charge in [-0.2, -0.15) is 0 Å². The number of carbonyl (C=O) groups excluding carboxylic acids is 2. The van der Waals surface area contributed by atoms with Crippen LogP contribution >= 0.6 is 23.2 Å². The highest BCUT2D eigenvalue weighted by Crippen LogP contribution is 2.36. The van der Waals surface area contributed by atoms with Crippen LogP contribution in [0.25, 0.3) is 0 Å². The number of nitrogens with zero attached hydrogens (tertiary/aromatic N) is 1. The van der Waals surface area contributed by atoms with Crippen molar-refractivity contribution in [1.29, 1.82) is 0 Å². The summed E-state index contributed by atoms with van der Waals surface area (Å²) in [6.45, 7) is 7.85. The van der Waals surface area contributed by atoms with Gasteiger partial charge in [-0.25, -0.2) is 4.79 Å². The molecular formula is C22H25Cl2NO5. The lowest BCUT2D eigenvalue weighted by Crippen LogP contribution is -2.22. The van der Waals surface area contributed by atoms with Crippen molar-refractivity contribution in [1.82, 2.24) is 4.90 Å². The zero-order valence-corrected chi connectivity index (χ0v) is 18.7. The predicted octanol–water partition coefficient (Wildman–Crippen LogP) is 4.71. The summed E-state index contributed by atoms with van der Waals surface area (Å²) in [5.41, 5.74) is 1.24. The van der Waals surface area contributed by atoms with E-state index < -0.39 is 5.97 Å². The second-order valence-electron chi connectivity index (χ2n) is 6.47. The smallest absolute Gasteiger partial charge is 0.344 e. The van der Waals surface area contributed by atoms with Crippen LogP contribution < -0.4 is 4.74 Å². The van der Waals surface area contributed by atoms with Crippen molar-refractivity contribution in [2.75, 3.05) is 26.3 Å². The van der Waals surface area contributed by atoms with Gasteiger partial charge in [-0.05, 0) is 50.3 Å². The minimum absolute atomic E-state index is 0.0291. The third-order valence-corrected chi connectivity index (χ3v) is 5.44. The molecule has 0 unspecified atom stereocenters. The van der Waals surface area contributed by atoms with Crippen LogP contribution in [0.5, 0.6) is 11.5 Å². The molecule has 0 aliphatic heterocycles. The second kappa shape index (κ2) is 11.2. The number of rotatable bonds is 10. The predicted molar refractivity (Wildman–Crippen MR) is 117 cm³/mol. The molecule has 0 aliphatic carbocycles. The normalized spacial score (nSPS) is 10.9. The van der Waals surface area contributed by atoms with Gasteiger partial charge in [-0.3, -0.25) is 9.69 Å². The largest absolute Gasteiger partial charge is 0.508 e. The van der Waals surface area contributed by atoms with Crippen LogP contribution in [0.4, 0.5) is 0 Å². The number of benzene rings is 2. The number of ketones is 1. The van der Waals surface area contributed by atoms with E-state index in [0.29, 0.717) is 17.7 Å². The molecule has 0 saturated heterocycles. The highest BCUT2D eigenvalue weighted by molar-refractivity contribution is 6.45. The average Bonchev–Trinajstić information content (AvgIpc) is 2.74. The summed E-state index contributed by atoms with van der Waals surface area (Å²) in [5.74, 6) is -0.557. The van der Waals surface area contributed by atoms with Crippen LogP contribution in [-0.2, 0) is 16.1 Å². The van der Waals surface area contributed by atoms with Crippen LogP contribution in [0.1, 0.15) is 42.3 Å². The molecular weight excluding hydrogens is 429 g/mol. The Hall–Kier alpha value is -2.28. The van der Waals surface area contributed by atoms with Crippen LogP contribution in [0, 0.1) is 0 Å². The van der Waals surface area contributed by atoms with E-state index >= 15 is 0 Å². The standard InChI is InChI=1S/C22H25Cl2NO5/c1-4-25(5-2)12-15-11-14(7-9-17(15)26)22(28)16-8-10-18(21(24)20(16)23)30-13-19(27)29-6-3/h7-11,26H,4-6,12-13H2,1-3H3. The summed E-state index contributed by atoms with van der Waals surface area (Å²) in [6, 6.07) is 7.68. The molecule has 2 aromatic carbocycles. The molecule has 2 aromatic rings. The second-order valence-corrected chi connectivity index (χ2v) is 7.22. The van der Waals surface area contributed by atoms with Crippen molar-refractivity contribution in [3.05, 3.63) is 57.1 Å². The van der Waals surface area contributed by atoms with Crippen molar-refractivity contribution < 1.29 is 24.2 Å². The molecule has 0 aromatic heterocycles. The van der Waals surface area contributed by atoms with Crippen LogP contribution in [0.15, 0.2) is 30.3 Å². The Morgan fingerprint density at radius 1 is 1.03 bits per heavy atom. The molecule has 162 valence electrons. The van der Waals surface area contributed by atoms with E-state index in [1.54, 1.807) is 19.1 Å². The van der Waals surface area contributed by atoms with E-state index in [-0.39, 0.29) is 46.1 Å². The topological polar surface area (TPSA) is 76.1 Å². The minimum atomic E-state index is -0.533. The van der Waals surface area contributed by atoms with E-state index in [0.717, 1.165) is 13.1 Å². The number of halogens is 2. The number of phenols is 1. The maximum Gasteiger partial charge on any atom is 0.344 e. The first-order chi connectivity index (χ1) is 14.3. The fraction of sp³-hybridized carbons (Fsp3) is 0.364. The van der Waals surface area contributed by atoms with Crippen LogP contribution in [0.2, 0.25) is 10.0 Å². The quantitative estimate of drug-likeness (QED) is 0.414. The molecule has 8 heteroatoms. The van der Waals surface area contributed by atoms with Gasteiger partial charge in [0.05, 0.1) is 11.6 Å². The summed E-state index contributed by atoms with van der Waals surface area (Å²) in [6.07, 6.45) is 0. The minimum Gasteiger partial charge on any atom is -0.508 e. The fourth-order valence-corrected chi connectivity index (χ4v) is 3.32. The summed E-state index contributed by atoms with van der Waals surface area (Å²) >= 11 is 12.6. The zero-order chi connectivity index (χ0) is 22.3. The molecule has 0 fully saturated rings. The summed E-state index contributed by atoms with van der Waals surface area (Å²) in [5, 5.41) is 10.2. The lowest BCUT2D eigenvalue weighted by molar-refractivity contribution is -0.145. The number of esters is 1. The third-order valence-electron chi connectivity index (χ3n) is 4.57. The highest BCUT2D eigenvalue weighted by atomic mass is 35.5. The molecule has 0 heterocycles. The van der Waals surface area contributed by atoms with Gasteiger partial charge < -0.3 is 14.6 Å². The Bertz CT molecular complexity index is 913. The molecule has 1 N–H and O–H groups in total. The molecule has 0 saturated carbocycles. The molecule has 0 amide bonds. The van der Waals surface area contributed by atoms with Gasteiger partial charge in [0.15, 0.2) is 12.4 Å². The van der Waals surface area contributed by atoms with Gasteiger partial charge in [-0.1, -0.05) is 37.0 Å². The van der Waals surface area contributed by atoms with Gasteiger partial charge >= 0.3 is 5.97 Å². The molecule has 0 atom stereocenters. The van der Waals surface area contributed by atoms with E-state index in [2.05, 4.69) is 4.90 Å². The molecule has 0 spiro atoms. The first kappa shape index (κ1) is 24.0. The number of hydrogen-bond donors (Lipinski definition) is 1. The van der Waals surface area contributed by atoms with E-state index in [9.17, 15) is 14.7 Å². The number of aromatic hydroxyl groups is 1. The Kier molecular flexibility index (Phi) is 8.96. The van der Waals surface area contributed by atoms with E-state index in [4.69, 9.17) is 32.7 Å². The van der Waals surface area contributed by atoms with Crippen molar-refractivity contribution in [3.8, 4) is 11.5 Å². The molecule has 0 bridgehead atoms. The van der Waals surface area contributed by atoms with Crippen molar-refractivity contribution in [3.63, 3.8) is 0 Å². The Labute approximate surface area is 186 Å². The van der Waals surface area contributed by atoms with Crippen LogP contribution in [-0.4, -0.2) is 48.1 Å². The van der Waals surface area contributed by atoms with Gasteiger partial charge in [0.1, 0.15) is 16.5 Å². The van der Waals surface area contributed by atoms with E-state index in [1.807, 2.05) is 13.8 Å². The monoisotopic (exact) mass is 453 g/mol. The van der Waals surface area contributed by atoms with Crippen molar-refractivity contribution in [2.45, 2.75) is 27.3 Å². The Morgan fingerprint density at radius 3 is 2.37 bits per heavy atom. The molecule has 6 nitrogen and oxygen atoms in total. The van der Waals surface area contributed by atoms with Gasteiger partial charge in [0.2, 0.25) is 0 Å². The summed E-state index contributed by atoms with van der Waals surface area (Å²) < 4.78 is 10.1. The summed E-state index contributed by atoms with van der Waals surface area (Å²) in [7, 11) is 0. The lowest BCUT2D eigenvalue weighted by atomic mass is 10.00. The first-order valence-electron chi connectivity index (χ1n) is 9.67. The number of phenolic OH excluding ortho intramolecular Hbond substituents is 1. The number of ether oxygens (including phenoxy) is 2. The van der Waals surface area contributed by atoms with Crippen LogP contribution in [0.3, 0.4) is 0 Å². The van der Waals surface area contributed by atoms with Gasteiger partial charge in [0.25, 0.3) is 0 Å². The molecule has 2 rings (SSSR count). The van der Waals surface area contributed by atoms with Crippen molar-refractivity contribution in [2.24, 2.45) is 0 Å². The molecule has 0 radical (unpaired) electrons. The number of carbonyl (C=O) groups is 2.